The third-order valence-corrected chi connectivity index (χ3v) is 1.56. The van der Waals surface area contributed by atoms with Gasteiger partial charge >= 0.3 is 7.03 Å². The largest absolute Gasteiger partial charge is 0.462 e. The standard InChI is InChI=1S/C5H7ClFO2P/c1-4-5(2,3)9-10(6,7)8/h1H,2-3H3. The Balaban J connectivity index is 4.20. The monoisotopic (exact) mass is 184 g/mol. The van der Waals surface area contributed by atoms with Gasteiger partial charge in [-0.2, -0.15) is 0 Å². The molecular weight excluding hydrogens is 177 g/mol. The molecule has 0 amide bonds. The first-order valence-electron chi connectivity index (χ1n) is 2.45. The first kappa shape index (κ1) is 9.97. The van der Waals surface area contributed by atoms with Crippen LogP contribution in [0.3, 0.4) is 0 Å². The van der Waals surface area contributed by atoms with Crippen molar-refractivity contribution in [2.45, 2.75) is 19.4 Å². The van der Waals surface area contributed by atoms with Gasteiger partial charge in [0.05, 0.1) is 0 Å². The van der Waals surface area contributed by atoms with Gasteiger partial charge in [0, 0.05) is 11.2 Å². The van der Waals surface area contributed by atoms with Crippen LogP contribution in [0.1, 0.15) is 13.8 Å². The molecule has 0 saturated carbocycles. The van der Waals surface area contributed by atoms with E-state index in [-0.39, 0.29) is 0 Å². The third-order valence-electron chi connectivity index (χ3n) is 0.682. The van der Waals surface area contributed by atoms with Gasteiger partial charge in [-0.1, -0.05) is 5.92 Å². The molecule has 0 fully saturated rings. The van der Waals surface area contributed by atoms with Crippen molar-refractivity contribution in [3.05, 3.63) is 0 Å². The maximum absolute atomic E-state index is 12.1. The van der Waals surface area contributed by atoms with Gasteiger partial charge in [-0.15, -0.1) is 10.6 Å². The minimum atomic E-state index is -4.47. The molecule has 0 aliphatic rings. The fraction of sp³-hybridized carbons (Fsp3) is 0.600. The molecular formula is C5H7ClFO2P. The third kappa shape index (κ3) is 4.81. The van der Waals surface area contributed by atoms with Crippen LogP contribution in [0, 0.1) is 12.3 Å². The van der Waals surface area contributed by atoms with Crippen molar-refractivity contribution in [1.82, 2.24) is 0 Å². The lowest BCUT2D eigenvalue weighted by molar-refractivity contribution is 0.169. The highest BCUT2D eigenvalue weighted by molar-refractivity contribution is 7.81. The number of halogens is 2. The zero-order valence-electron chi connectivity index (χ0n) is 5.60. The first-order chi connectivity index (χ1) is 4.27. The molecule has 1 unspecified atom stereocenters. The quantitative estimate of drug-likeness (QED) is 0.487. The molecule has 1 atom stereocenters. The van der Waals surface area contributed by atoms with E-state index in [1.54, 1.807) is 0 Å². The van der Waals surface area contributed by atoms with Gasteiger partial charge in [0.15, 0.2) is 0 Å². The van der Waals surface area contributed by atoms with Crippen LogP contribution in [0.5, 0.6) is 0 Å². The van der Waals surface area contributed by atoms with Crippen molar-refractivity contribution >= 4 is 18.3 Å². The van der Waals surface area contributed by atoms with Crippen LogP contribution < -0.4 is 0 Å². The Bertz CT molecular complexity index is 202. The summed E-state index contributed by atoms with van der Waals surface area (Å²) in [5.41, 5.74) is -1.22. The number of hydrogen-bond donors (Lipinski definition) is 0. The summed E-state index contributed by atoms with van der Waals surface area (Å²) in [4.78, 5) is 0. The van der Waals surface area contributed by atoms with E-state index in [0.717, 1.165) is 0 Å². The van der Waals surface area contributed by atoms with E-state index in [0.29, 0.717) is 0 Å². The van der Waals surface area contributed by atoms with Gasteiger partial charge in [-0.3, -0.25) is 4.52 Å². The molecule has 10 heavy (non-hydrogen) atoms. The molecule has 0 aromatic heterocycles. The highest BCUT2D eigenvalue weighted by atomic mass is 35.7. The average molecular weight is 185 g/mol. The summed E-state index contributed by atoms with van der Waals surface area (Å²) in [5, 5.41) is 0. The van der Waals surface area contributed by atoms with Gasteiger partial charge in [-0.05, 0) is 13.8 Å². The Morgan fingerprint density at radius 2 is 2.20 bits per heavy atom. The summed E-state index contributed by atoms with van der Waals surface area (Å²) in [6.07, 6.45) is 4.89. The van der Waals surface area contributed by atoms with E-state index in [2.05, 4.69) is 21.7 Å². The highest BCUT2D eigenvalue weighted by Gasteiger charge is 2.28. The summed E-state index contributed by atoms with van der Waals surface area (Å²) in [7, 11) is -4.47. The predicted octanol–water partition coefficient (Wildman–Crippen LogP) is 2.73. The summed E-state index contributed by atoms with van der Waals surface area (Å²) < 4.78 is 26.4. The predicted molar refractivity (Wildman–Crippen MR) is 38.6 cm³/mol. The summed E-state index contributed by atoms with van der Waals surface area (Å²) in [6, 6.07) is 0. The Morgan fingerprint density at radius 1 is 1.80 bits per heavy atom. The molecule has 2 nitrogen and oxygen atoms in total. The van der Waals surface area contributed by atoms with Crippen LogP contribution >= 0.6 is 18.3 Å². The Kier molecular flexibility index (Phi) is 2.91. The fourth-order valence-electron chi connectivity index (χ4n) is 0.292. The van der Waals surface area contributed by atoms with E-state index < -0.39 is 12.6 Å². The first-order valence-corrected chi connectivity index (χ1v) is 4.87. The molecule has 0 saturated heterocycles. The Morgan fingerprint density at radius 3 is 2.30 bits per heavy atom. The topological polar surface area (TPSA) is 26.3 Å². The van der Waals surface area contributed by atoms with Gasteiger partial charge in [0.25, 0.3) is 0 Å². The fourth-order valence-corrected chi connectivity index (χ4v) is 1.39. The molecule has 0 N–H and O–H groups in total. The lowest BCUT2D eigenvalue weighted by Crippen LogP contribution is -2.18. The second-order valence-corrected chi connectivity index (χ2v) is 4.38. The SMILES string of the molecule is C#CC(C)(C)OP(=O)(F)Cl. The number of hydrogen-bond acceptors (Lipinski definition) is 2. The summed E-state index contributed by atoms with van der Waals surface area (Å²) in [5.74, 6) is 2.08. The molecule has 5 heteroatoms. The van der Waals surface area contributed by atoms with Crippen molar-refractivity contribution in [1.29, 1.82) is 0 Å². The number of rotatable bonds is 2. The molecule has 0 aliphatic heterocycles. The van der Waals surface area contributed by atoms with Crippen molar-refractivity contribution in [2.75, 3.05) is 0 Å². The molecule has 0 aromatic carbocycles. The molecule has 0 aromatic rings. The molecule has 0 radical (unpaired) electrons. The van der Waals surface area contributed by atoms with Crippen molar-refractivity contribution in [3.8, 4) is 12.3 Å². The van der Waals surface area contributed by atoms with Gasteiger partial charge in [-0.25, -0.2) is 4.57 Å². The van der Waals surface area contributed by atoms with Crippen LogP contribution in [0.15, 0.2) is 0 Å². The zero-order chi connectivity index (χ0) is 8.41. The second kappa shape index (κ2) is 2.92. The van der Waals surface area contributed by atoms with Crippen molar-refractivity contribution in [3.63, 3.8) is 0 Å². The van der Waals surface area contributed by atoms with E-state index in [1.807, 2.05) is 0 Å². The lowest BCUT2D eigenvalue weighted by atomic mass is 10.2. The molecule has 58 valence electrons. The lowest BCUT2D eigenvalue weighted by Gasteiger charge is -2.16. The normalized spacial score (nSPS) is 17.5. The number of terminal acetylenes is 1. The van der Waals surface area contributed by atoms with E-state index >= 15 is 0 Å². The second-order valence-electron chi connectivity index (χ2n) is 2.16. The molecule has 0 bridgehead atoms. The van der Waals surface area contributed by atoms with Crippen molar-refractivity contribution < 1.29 is 13.3 Å². The van der Waals surface area contributed by atoms with Crippen molar-refractivity contribution in [2.24, 2.45) is 0 Å². The minimum Gasteiger partial charge on any atom is -0.275 e. The van der Waals surface area contributed by atoms with Crippen LogP contribution in [-0.4, -0.2) is 5.60 Å². The van der Waals surface area contributed by atoms with Crippen LogP contribution in [0.4, 0.5) is 4.20 Å². The Hall–Kier alpha value is -0.0300. The molecule has 0 rings (SSSR count). The average Bonchev–Trinajstić information content (AvgIpc) is 1.60. The van der Waals surface area contributed by atoms with E-state index in [1.165, 1.54) is 13.8 Å². The van der Waals surface area contributed by atoms with Crippen LogP contribution in [-0.2, 0) is 9.09 Å². The molecule has 0 aliphatic carbocycles. The zero-order valence-corrected chi connectivity index (χ0v) is 7.25. The molecule has 0 spiro atoms. The summed E-state index contributed by atoms with van der Waals surface area (Å²) in [6.45, 7) is 2.78. The maximum atomic E-state index is 12.1. The van der Waals surface area contributed by atoms with E-state index in [9.17, 15) is 8.76 Å². The highest BCUT2D eigenvalue weighted by Crippen LogP contribution is 2.56. The van der Waals surface area contributed by atoms with Gasteiger partial charge < -0.3 is 0 Å². The van der Waals surface area contributed by atoms with E-state index in [4.69, 9.17) is 6.42 Å². The smallest absolute Gasteiger partial charge is 0.275 e. The van der Waals surface area contributed by atoms with Crippen LogP contribution in [0.2, 0.25) is 0 Å². The minimum absolute atomic E-state index is 1.22. The maximum Gasteiger partial charge on any atom is 0.462 e. The molecule has 0 heterocycles. The summed E-state index contributed by atoms with van der Waals surface area (Å²) >= 11 is 4.67. The Labute approximate surface area is 64.1 Å². The van der Waals surface area contributed by atoms with Gasteiger partial charge in [0.2, 0.25) is 0 Å². The van der Waals surface area contributed by atoms with Gasteiger partial charge in [0.1, 0.15) is 5.60 Å². The van der Waals surface area contributed by atoms with Crippen LogP contribution in [0.25, 0.3) is 0 Å².